The van der Waals surface area contributed by atoms with Crippen molar-refractivity contribution < 1.29 is 9.90 Å². The Morgan fingerprint density at radius 1 is 1.41 bits per heavy atom. The van der Waals surface area contributed by atoms with Crippen molar-refractivity contribution in [1.82, 2.24) is 9.97 Å². The van der Waals surface area contributed by atoms with Crippen molar-refractivity contribution in [3.8, 4) is 0 Å². The molecule has 1 saturated carbocycles. The van der Waals surface area contributed by atoms with Gasteiger partial charge in [-0.1, -0.05) is 19.3 Å². The Kier molecular flexibility index (Phi) is 3.56. The first kappa shape index (κ1) is 11.8. The van der Waals surface area contributed by atoms with Crippen LogP contribution in [0, 0.1) is 0 Å². The lowest BCUT2D eigenvalue weighted by atomic mass is 9.89. The third-order valence-electron chi connectivity index (χ3n) is 3.23. The summed E-state index contributed by atoms with van der Waals surface area (Å²) in [6, 6.07) is 0. The lowest BCUT2D eigenvalue weighted by Crippen LogP contribution is -2.21. The van der Waals surface area contributed by atoms with Crippen LogP contribution in [-0.4, -0.2) is 21.0 Å². The normalized spacial score (nSPS) is 16.9. The standard InChI is InChI=1S/C12H16N2O3/c15-10(16)6-9-7-13-11(14-12(9)17)8-4-2-1-3-5-8/h7-8H,1-6H2,(H,15,16)(H,13,14,17). The SMILES string of the molecule is O=C(O)Cc1cnc(C2CCCCC2)[nH]c1=O. The number of nitrogens with zero attached hydrogens (tertiary/aromatic N) is 1. The van der Waals surface area contributed by atoms with Crippen molar-refractivity contribution in [2.75, 3.05) is 0 Å². The predicted molar refractivity (Wildman–Crippen MR) is 62.0 cm³/mol. The first-order valence-corrected chi connectivity index (χ1v) is 5.96. The van der Waals surface area contributed by atoms with Gasteiger partial charge in [-0.15, -0.1) is 0 Å². The van der Waals surface area contributed by atoms with E-state index in [1.54, 1.807) is 0 Å². The minimum atomic E-state index is -1.01. The summed E-state index contributed by atoms with van der Waals surface area (Å²) in [6.45, 7) is 0. The first-order valence-electron chi connectivity index (χ1n) is 5.96. The second-order valence-electron chi connectivity index (χ2n) is 4.53. The van der Waals surface area contributed by atoms with Crippen LogP contribution in [0.25, 0.3) is 0 Å². The second-order valence-corrected chi connectivity index (χ2v) is 4.53. The monoisotopic (exact) mass is 236 g/mol. The number of aromatic nitrogens is 2. The van der Waals surface area contributed by atoms with Gasteiger partial charge < -0.3 is 10.1 Å². The zero-order valence-electron chi connectivity index (χ0n) is 9.61. The molecule has 1 aromatic rings. The molecule has 0 atom stereocenters. The highest BCUT2D eigenvalue weighted by Crippen LogP contribution is 2.29. The Labute approximate surface area is 98.9 Å². The van der Waals surface area contributed by atoms with Crippen molar-refractivity contribution in [3.05, 3.63) is 27.9 Å². The van der Waals surface area contributed by atoms with E-state index in [1.807, 2.05) is 0 Å². The third kappa shape index (κ3) is 2.93. The summed E-state index contributed by atoms with van der Waals surface area (Å²) in [5.74, 6) is 0.0295. The van der Waals surface area contributed by atoms with E-state index in [2.05, 4.69) is 9.97 Å². The lowest BCUT2D eigenvalue weighted by molar-refractivity contribution is -0.136. The van der Waals surface area contributed by atoms with Crippen LogP contribution >= 0.6 is 0 Å². The number of aromatic amines is 1. The fourth-order valence-corrected chi connectivity index (χ4v) is 2.31. The van der Waals surface area contributed by atoms with E-state index in [-0.39, 0.29) is 17.5 Å². The molecule has 5 nitrogen and oxygen atoms in total. The highest BCUT2D eigenvalue weighted by atomic mass is 16.4. The second kappa shape index (κ2) is 5.12. The molecule has 5 heteroatoms. The molecular formula is C12H16N2O3. The predicted octanol–water partition coefficient (Wildman–Crippen LogP) is 1.44. The van der Waals surface area contributed by atoms with Gasteiger partial charge >= 0.3 is 5.97 Å². The molecule has 92 valence electrons. The van der Waals surface area contributed by atoms with Crippen LogP contribution in [0.15, 0.2) is 11.0 Å². The summed E-state index contributed by atoms with van der Waals surface area (Å²) < 4.78 is 0. The Hall–Kier alpha value is -1.65. The minimum absolute atomic E-state index is 0.219. The maximum absolute atomic E-state index is 11.7. The molecule has 0 saturated heterocycles. The average Bonchev–Trinajstić information content (AvgIpc) is 2.32. The van der Waals surface area contributed by atoms with Gasteiger partial charge in [0.1, 0.15) is 5.82 Å². The highest BCUT2D eigenvalue weighted by Gasteiger charge is 2.18. The van der Waals surface area contributed by atoms with E-state index in [0.717, 1.165) is 12.8 Å². The average molecular weight is 236 g/mol. The number of carboxylic acids is 1. The molecule has 17 heavy (non-hydrogen) atoms. The summed E-state index contributed by atoms with van der Waals surface area (Å²) in [5, 5.41) is 8.63. The maximum atomic E-state index is 11.7. The molecule has 2 N–H and O–H groups in total. The van der Waals surface area contributed by atoms with Crippen molar-refractivity contribution in [3.63, 3.8) is 0 Å². The molecule has 0 unspecified atom stereocenters. The summed E-state index contributed by atoms with van der Waals surface area (Å²) in [4.78, 5) is 29.1. The zero-order chi connectivity index (χ0) is 12.3. The Morgan fingerprint density at radius 2 is 2.12 bits per heavy atom. The van der Waals surface area contributed by atoms with Crippen LogP contribution in [0.3, 0.4) is 0 Å². The largest absolute Gasteiger partial charge is 0.481 e. The molecule has 0 amide bonds. The fraction of sp³-hybridized carbons (Fsp3) is 0.583. The Balaban J connectivity index is 2.18. The zero-order valence-corrected chi connectivity index (χ0v) is 9.61. The van der Waals surface area contributed by atoms with Crippen molar-refractivity contribution in [2.24, 2.45) is 0 Å². The molecule has 0 bridgehead atoms. The number of aliphatic carboxylic acids is 1. The van der Waals surface area contributed by atoms with Gasteiger partial charge in [0.05, 0.1) is 6.42 Å². The topological polar surface area (TPSA) is 83.0 Å². The first-order chi connectivity index (χ1) is 8.16. The quantitative estimate of drug-likeness (QED) is 0.831. The summed E-state index contributed by atoms with van der Waals surface area (Å²) in [7, 11) is 0. The van der Waals surface area contributed by atoms with Gasteiger partial charge in [-0.25, -0.2) is 4.98 Å². The molecular weight excluding hydrogens is 220 g/mol. The number of carbonyl (C=O) groups is 1. The molecule has 1 heterocycles. The van der Waals surface area contributed by atoms with Crippen LogP contribution in [0.4, 0.5) is 0 Å². The number of nitrogens with one attached hydrogen (secondary N) is 1. The third-order valence-corrected chi connectivity index (χ3v) is 3.23. The Morgan fingerprint density at radius 3 is 2.71 bits per heavy atom. The number of H-pyrrole nitrogens is 1. The van der Waals surface area contributed by atoms with Gasteiger partial charge in [0.2, 0.25) is 0 Å². The number of hydrogen-bond donors (Lipinski definition) is 2. The molecule has 1 aliphatic carbocycles. The fourth-order valence-electron chi connectivity index (χ4n) is 2.31. The van der Waals surface area contributed by atoms with Crippen LogP contribution in [0.2, 0.25) is 0 Å². The molecule has 1 fully saturated rings. The van der Waals surface area contributed by atoms with E-state index in [4.69, 9.17) is 5.11 Å². The summed E-state index contributed by atoms with van der Waals surface area (Å²) in [6.07, 6.45) is 6.83. The van der Waals surface area contributed by atoms with E-state index in [0.29, 0.717) is 11.7 Å². The number of carboxylic acid groups (broad SMARTS) is 1. The van der Waals surface area contributed by atoms with Crippen molar-refractivity contribution in [1.29, 1.82) is 0 Å². The molecule has 0 aromatic carbocycles. The summed E-state index contributed by atoms with van der Waals surface area (Å²) in [5.41, 5.74) is -0.0972. The van der Waals surface area contributed by atoms with Gasteiger partial charge in [0.25, 0.3) is 5.56 Å². The molecule has 0 radical (unpaired) electrons. The van der Waals surface area contributed by atoms with Crippen LogP contribution in [0.1, 0.15) is 49.4 Å². The van der Waals surface area contributed by atoms with Crippen LogP contribution < -0.4 is 5.56 Å². The van der Waals surface area contributed by atoms with Gasteiger partial charge in [0, 0.05) is 17.7 Å². The van der Waals surface area contributed by atoms with Gasteiger partial charge in [0.15, 0.2) is 0 Å². The molecule has 2 rings (SSSR count). The minimum Gasteiger partial charge on any atom is -0.481 e. The van der Waals surface area contributed by atoms with E-state index >= 15 is 0 Å². The maximum Gasteiger partial charge on any atom is 0.308 e. The highest BCUT2D eigenvalue weighted by molar-refractivity contribution is 5.69. The van der Waals surface area contributed by atoms with E-state index < -0.39 is 5.97 Å². The van der Waals surface area contributed by atoms with Gasteiger partial charge in [-0.3, -0.25) is 9.59 Å². The molecule has 0 spiro atoms. The van der Waals surface area contributed by atoms with Crippen molar-refractivity contribution in [2.45, 2.75) is 44.4 Å². The van der Waals surface area contributed by atoms with Gasteiger partial charge in [-0.2, -0.15) is 0 Å². The molecule has 1 aromatic heterocycles. The number of rotatable bonds is 3. The smallest absolute Gasteiger partial charge is 0.308 e. The van der Waals surface area contributed by atoms with E-state index in [9.17, 15) is 9.59 Å². The van der Waals surface area contributed by atoms with Gasteiger partial charge in [-0.05, 0) is 12.8 Å². The summed E-state index contributed by atoms with van der Waals surface area (Å²) >= 11 is 0. The van der Waals surface area contributed by atoms with Crippen LogP contribution in [0.5, 0.6) is 0 Å². The number of hydrogen-bond acceptors (Lipinski definition) is 3. The van der Waals surface area contributed by atoms with E-state index in [1.165, 1.54) is 25.5 Å². The lowest BCUT2D eigenvalue weighted by Gasteiger charge is -2.20. The molecule has 0 aliphatic heterocycles. The Bertz CT molecular complexity index is 461. The van der Waals surface area contributed by atoms with Crippen molar-refractivity contribution >= 4 is 5.97 Å². The van der Waals surface area contributed by atoms with Crippen LogP contribution in [-0.2, 0) is 11.2 Å². The molecule has 1 aliphatic rings.